The van der Waals surface area contributed by atoms with Crippen molar-refractivity contribution in [3.8, 4) is 0 Å². The maximum atomic E-state index is 6.38. The molecule has 17 aromatic rings. The fourth-order valence-corrected chi connectivity index (χ4v) is 28.1. The predicted octanol–water partition coefficient (Wildman–Crippen LogP) is 26.1. The second-order valence-electron chi connectivity index (χ2n) is 41.0. The van der Waals surface area contributed by atoms with Crippen molar-refractivity contribution in [2.75, 3.05) is 55.6 Å². The van der Waals surface area contributed by atoms with Crippen LogP contribution in [-0.4, -0.2) is 122 Å². The van der Waals surface area contributed by atoms with Crippen molar-refractivity contribution in [2.24, 2.45) is 16.7 Å². The standard InChI is InChI=1S/C25H24N2O.C24H22N2O.C22H26N2O.C21H24N2O.C20H22N2O/c1-15-10-11-17-18-7-6-13-26-24(18)28-23(17)21(15)22-16(2)27-14-12-25(22,3)19-8-4-5-9-20(19)27;1-14-10-11-16-17-7-6-12-25-23(17)27-22(16)20(14)21-15(2)26-13-24(21,3)18-8-4-5-9-19(18)26;1-13-7-8-16-17-6-5-10-23-21(17)25-20(16)18(13)19-15(3)24-11-9-22(19,4)12-14(24)2;1-13-6-7-15-16-5-4-10-22-20(16)24-19(15)17(13)18-14(2)23-11-8-21(18,3)9-12-23;1-12-5-6-15-16-4-3-9-21-20(16)23-19(15)17(12)18-13(2)22-10-7-14(18)8-11-22/h4-11,13,16,22H,12,14H2,1-3H3;4-12,15,21H,13H2,1-3H3;5-8,10,14-15,19H,9,11-12H2,1-4H3;4-7,10,14,18H,8-9,11-12H2,1-3H3;3-6,9,13-14,18H,7-8,10-11H2,1-2H3. The lowest BCUT2D eigenvalue weighted by molar-refractivity contribution is -0.0622. The van der Waals surface area contributed by atoms with Gasteiger partial charge in [-0.15, -0.1) is 0 Å². The van der Waals surface area contributed by atoms with Crippen molar-refractivity contribution >= 4 is 122 Å². The molecule has 11 fully saturated rings. The molecule has 24 heterocycles. The van der Waals surface area contributed by atoms with Gasteiger partial charge in [-0.25, -0.2) is 24.9 Å². The van der Waals surface area contributed by atoms with Gasteiger partial charge >= 0.3 is 0 Å². The molecule has 0 radical (unpaired) electrons. The van der Waals surface area contributed by atoms with Crippen molar-refractivity contribution in [3.63, 3.8) is 0 Å². The van der Waals surface area contributed by atoms with Crippen molar-refractivity contribution in [3.05, 3.63) is 268 Å². The monoisotopic (exact) mass is 1680 g/mol. The van der Waals surface area contributed by atoms with Gasteiger partial charge in [-0.05, 0) is 282 Å². The number of hydrogen-bond acceptors (Lipinski definition) is 15. The molecular formula is C112H118N10O5. The second kappa shape index (κ2) is 29.9. The molecule has 10 bridgehead atoms. The molecule has 15 nitrogen and oxygen atoms in total. The van der Waals surface area contributed by atoms with E-state index in [0.29, 0.717) is 76.7 Å². The molecule has 15 heteroatoms. The van der Waals surface area contributed by atoms with Gasteiger partial charge in [0, 0.05) is 214 Å². The van der Waals surface area contributed by atoms with Crippen LogP contribution in [0.1, 0.15) is 211 Å². The van der Waals surface area contributed by atoms with Crippen LogP contribution in [0.4, 0.5) is 11.4 Å². The van der Waals surface area contributed by atoms with E-state index >= 15 is 0 Å². The number of aryl methyl sites for hydroxylation is 5. The number of anilines is 2. The molecular weight excluding hydrogens is 1570 g/mol. The van der Waals surface area contributed by atoms with E-state index in [4.69, 9.17) is 22.1 Å². The van der Waals surface area contributed by atoms with Crippen LogP contribution in [0.15, 0.2) is 223 Å². The Labute approximate surface area is 744 Å². The third kappa shape index (κ3) is 12.1. The molecule has 127 heavy (non-hydrogen) atoms. The minimum atomic E-state index is 0.0987. The highest BCUT2D eigenvalue weighted by atomic mass is 16.4. The van der Waals surface area contributed by atoms with Gasteiger partial charge in [-0.2, -0.15) is 0 Å². The van der Waals surface area contributed by atoms with Crippen molar-refractivity contribution in [1.82, 2.24) is 39.6 Å². The largest absolute Gasteiger partial charge is 0.437 e. The zero-order valence-corrected chi connectivity index (χ0v) is 76.4. The summed E-state index contributed by atoms with van der Waals surface area (Å²) in [5, 5.41) is 11.6. The van der Waals surface area contributed by atoms with Gasteiger partial charge in [-0.1, -0.05) is 125 Å². The van der Waals surface area contributed by atoms with Gasteiger partial charge in [0.05, 0.1) is 0 Å². The lowest BCUT2D eigenvalue weighted by Gasteiger charge is -2.59. The number of furan rings is 5. The molecule has 11 saturated heterocycles. The van der Waals surface area contributed by atoms with E-state index in [1.165, 1.54) is 183 Å². The van der Waals surface area contributed by atoms with Gasteiger partial charge < -0.3 is 36.8 Å². The van der Waals surface area contributed by atoms with Crippen LogP contribution in [-0.2, 0) is 10.8 Å². The zero-order valence-electron chi connectivity index (χ0n) is 76.4. The van der Waals surface area contributed by atoms with Crippen LogP contribution >= 0.6 is 0 Å². The number of piperidine rings is 10. The summed E-state index contributed by atoms with van der Waals surface area (Å²) in [4.78, 5) is 35.5. The molecule has 0 amide bonds. The van der Waals surface area contributed by atoms with Gasteiger partial charge in [0.15, 0.2) is 0 Å². The predicted molar refractivity (Wildman–Crippen MR) is 516 cm³/mol. The number of aromatic nitrogens is 5. The fraction of sp³-hybridized carbons (Fsp3) is 0.402. The summed E-state index contributed by atoms with van der Waals surface area (Å²) in [6.45, 7) is 43.8. The van der Waals surface area contributed by atoms with Gasteiger partial charge in [0.2, 0.25) is 28.6 Å². The molecule has 10 aromatic heterocycles. The van der Waals surface area contributed by atoms with Crippen LogP contribution in [0, 0.1) is 51.4 Å². The highest BCUT2D eigenvalue weighted by Crippen LogP contribution is 2.63. The van der Waals surface area contributed by atoms with Gasteiger partial charge in [-0.3, -0.25) is 9.80 Å². The summed E-state index contributed by atoms with van der Waals surface area (Å²) in [5.41, 5.74) is 29.4. The SMILES string of the molecule is Cc1ccc2c(oc3ncccc32)c1C1C(C)N2CC1(C)c1ccccc12.Cc1ccc2c(oc3ncccc32)c1C1C(C)N2CCC1(C)CC2.Cc1ccc2c(oc3ncccc32)c1C1C(C)N2CCC1(C)CC2C.Cc1ccc2c(oc3ncccc32)c1C1C(C)N2CCC1(C)c1ccccc12.Cc1ccc2c(oc3ncccc32)c1C1C2CCN(CC2)C1C. The van der Waals surface area contributed by atoms with E-state index in [1.807, 2.05) is 55.1 Å². The Balaban J connectivity index is 0.0000000912. The molecule has 0 spiro atoms. The highest BCUT2D eigenvalue weighted by Gasteiger charge is 2.59. The van der Waals surface area contributed by atoms with Crippen molar-refractivity contribution in [1.29, 1.82) is 0 Å². The minimum Gasteiger partial charge on any atom is -0.437 e. The van der Waals surface area contributed by atoms with E-state index in [0.717, 1.165) is 102 Å². The number of pyridine rings is 5. The number of fused-ring (bicyclic) bond motifs is 31. The number of nitrogens with zero attached hydrogens (tertiary/aromatic N) is 10. The Hall–Kier alpha value is -11.2. The average molecular weight is 1680 g/mol. The number of benzene rings is 7. The number of hydrogen-bond donors (Lipinski definition) is 0. The molecule has 14 aliphatic rings. The summed E-state index contributed by atoms with van der Waals surface area (Å²) >= 11 is 0. The quantitative estimate of drug-likeness (QED) is 0.161. The molecule has 7 aromatic carbocycles. The molecule has 0 saturated carbocycles. The fourth-order valence-electron chi connectivity index (χ4n) is 28.1. The summed E-state index contributed by atoms with van der Waals surface area (Å²) < 4.78 is 31.6. The van der Waals surface area contributed by atoms with Gasteiger partial charge in [0.1, 0.15) is 27.9 Å². The number of rotatable bonds is 5. The smallest absolute Gasteiger partial charge is 0.227 e. The van der Waals surface area contributed by atoms with E-state index in [1.54, 1.807) is 6.20 Å². The van der Waals surface area contributed by atoms with Crippen LogP contribution in [0.25, 0.3) is 110 Å². The molecule has 31 rings (SSSR count). The van der Waals surface area contributed by atoms with Crippen molar-refractivity contribution < 1.29 is 22.1 Å². The topological polar surface area (TPSA) is 146 Å². The third-order valence-corrected chi connectivity index (χ3v) is 34.2. The molecule has 0 aliphatic carbocycles. The average Bonchev–Trinajstić information content (AvgIpc) is 1.52. The zero-order chi connectivity index (χ0) is 86.7. The maximum Gasteiger partial charge on any atom is 0.227 e. The lowest BCUT2D eigenvalue weighted by Crippen LogP contribution is -2.60. The highest BCUT2D eigenvalue weighted by molar-refractivity contribution is 6.09. The first-order chi connectivity index (χ1) is 61.5. The van der Waals surface area contributed by atoms with Crippen LogP contribution in [0.2, 0.25) is 0 Å². The van der Waals surface area contributed by atoms with E-state index < -0.39 is 0 Å². The van der Waals surface area contributed by atoms with Crippen LogP contribution < -0.4 is 9.80 Å². The summed E-state index contributed by atoms with van der Waals surface area (Å²) in [6.07, 6.45) is 18.0. The van der Waals surface area contributed by atoms with E-state index in [9.17, 15) is 0 Å². The van der Waals surface area contributed by atoms with Gasteiger partial charge in [0.25, 0.3) is 0 Å². The number of para-hydroxylation sites is 2. The van der Waals surface area contributed by atoms with E-state index in [-0.39, 0.29) is 10.8 Å². The summed E-state index contributed by atoms with van der Waals surface area (Å²) in [7, 11) is 0. The first-order valence-electron chi connectivity index (χ1n) is 47.3. The second-order valence-corrected chi connectivity index (χ2v) is 41.0. The Bertz CT molecular complexity index is 7230. The molecule has 0 N–H and O–H groups in total. The summed E-state index contributed by atoms with van der Waals surface area (Å²) in [6, 6.07) is 64.0. The van der Waals surface area contributed by atoms with Crippen LogP contribution in [0.3, 0.4) is 0 Å². The molecule has 15 atom stereocenters. The Morgan fingerprint density at radius 2 is 0.661 bits per heavy atom. The lowest BCUT2D eigenvalue weighted by atomic mass is 9.58. The maximum absolute atomic E-state index is 6.38. The molecule has 14 aliphatic heterocycles. The van der Waals surface area contributed by atoms with Crippen molar-refractivity contribution in [2.45, 2.75) is 225 Å². The molecule has 646 valence electrons. The Morgan fingerprint density at radius 3 is 1.07 bits per heavy atom. The first-order valence-corrected chi connectivity index (χ1v) is 47.3. The first kappa shape index (κ1) is 80.3. The normalized spacial score (nSPS) is 29.9. The summed E-state index contributed by atoms with van der Waals surface area (Å²) in [5.74, 6) is 3.21. The van der Waals surface area contributed by atoms with E-state index in [2.05, 4.69) is 293 Å². The Morgan fingerprint density at radius 1 is 0.307 bits per heavy atom. The Kier molecular flexibility index (Phi) is 18.9. The minimum absolute atomic E-state index is 0.0987. The third-order valence-electron chi connectivity index (χ3n) is 34.2. The molecule has 15 unspecified atom stereocenters. The van der Waals surface area contributed by atoms with Crippen LogP contribution in [0.5, 0.6) is 0 Å².